The molecule has 1 rings (SSSR count). The third kappa shape index (κ3) is 2.26. The Labute approximate surface area is 69.9 Å². The van der Waals surface area contributed by atoms with Crippen LogP contribution in [-0.4, -0.2) is 9.97 Å². The van der Waals surface area contributed by atoms with Gasteiger partial charge in [-0.25, -0.2) is 9.78 Å². The average molecular weight is 120 g/mol. The summed E-state index contributed by atoms with van der Waals surface area (Å²) in [7, 11) is 0. The molecular formula is C4H5N2NaO. The van der Waals surface area contributed by atoms with Gasteiger partial charge in [0.15, 0.2) is 0 Å². The second-order valence-electron chi connectivity index (χ2n) is 1.09. The van der Waals surface area contributed by atoms with Crippen LogP contribution in [0.2, 0.25) is 0 Å². The van der Waals surface area contributed by atoms with Crippen LogP contribution in [0.1, 0.15) is 1.43 Å². The molecule has 0 saturated heterocycles. The number of hydrogen-bond acceptors (Lipinski definition) is 2. The van der Waals surface area contributed by atoms with Crippen LogP contribution in [0.3, 0.4) is 0 Å². The van der Waals surface area contributed by atoms with Crippen LogP contribution in [0, 0.1) is 0 Å². The molecule has 4 heteroatoms. The Hall–Kier alpha value is -0.120. The van der Waals surface area contributed by atoms with Crippen molar-refractivity contribution < 1.29 is 31.0 Å². The van der Waals surface area contributed by atoms with Gasteiger partial charge >= 0.3 is 35.2 Å². The Morgan fingerprint density at radius 1 is 1.75 bits per heavy atom. The summed E-state index contributed by atoms with van der Waals surface area (Å²) in [5, 5.41) is 0. The molecule has 0 bridgehead atoms. The Morgan fingerprint density at radius 3 is 2.75 bits per heavy atom. The molecule has 0 atom stereocenters. The van der Waals surface area contributed by atoms with Gasteiger partial charge < -0.3 is 6.41 Å². The smallest absolute Gasteiger partial charge is 1.00 e. The molecule has 3 nitrogen and oxygen atoms in total. The molecule has 8 heavy (non-hydrogen) atoms. The maximum Gasteiger partial charge on any atom is 1.00 e. The Kier molecular flexibility index (Phi) is 3.77. The predicted molar refractivity (Wildman–Crippen MR) is 26.0 cm³/mol. The second-order valence-corrected chi connectivity index (χ2v) is 1.09. The number of H-pyrrole nitrogens is 1. The maximum absolute atomic E-state index is 10.1. The molecule has 0 aliphatic heterocycles. The monoisotopic (exact) mass is 120 g/mol. The standard InChI is InChI=1S/C4H4N2O.Na.H/c7-4-5-2-1-3-6-4;;/h1-3H,(H,5,6,7);;/q;+1;-1. The number of nitrogens with zero attached hydrogens (tertiary/aromatic N) is 1. The van der Waals surface area contributed by atoms with Crippen molar-refractivity contribution in [3.8, 4) is 0 Å². The van der Waals surface area contributed by atoms with Gasteiger partial charge in [-0.1, -0.05) is 0 Å². The third-order valence-electron chi connectivity index (χ3n) is 0.581. The summed E-state index contributed by atoms with van der Waals surface area (Å²) in [6.07, 6.45) is 2.98. The molecule has 0 fully saturated rings. The molecular weight excluding hydrogens is 115 g/mol. The number of aromatic nitrogens is 2. The van der Waals surface area contributed by atoms with Crippen molar-refractivity contribution >= 4 is 0 Å². The van der Waals surface area contributed by atoms with Gasteiger partial charge in [0.1, 0.15) is 0 Å². The maximum atomic E-state index is 10.1. The van der Waals surface area contributed by atoms with E-state index in [4.69, 9.17) is 0 Å². The van der Waals surface area contributed by atoms with Crippen molar-refractivity contribution in [2.24, 2.45) is 0 Å². The molecule has 0 aliphatic rings. The van der Waals surface area contributed by atoms with Crippen LogP contribution >= 0.6 is 0 Å². The number of rotatable bonds is 0. The molecule has 0 radical (unpaired) electrons. The van der Waals surface area contributed by atoms with E-state index in [2.05, 4.69) is 9.97 Å². The summed E-state index contributed by atoms with van der Waals surface area (Å²) in [5.41, 5.74) is -0.303. The summed E-state index contributed by atoms with van der Waals surface area (Å²) < 4.78 is 0. The Bertz CT molecular complexity index is 184. The minimum absolute atomic E-state index is 0. The minimum Gasteiger partial charge on any atom is -1.00 e. The molecule has 0 unspecified atom stereocenters. The molecule has 0 saturated carbocycles. The van der Waals surface area contributed by atoms with Crippen molar-refractivity contribution in [1.29, 1.82) is 0 Å². The first-order chi connectivity index (χ1) is 3.39. The Balaban J connectivity index is 0. The first kappa shape index (κ1) is 7.88. The Morgan fingerprint density at radius 2 is 2.50 bits per heavy atom. The van der Waals surface area contributed by atoms with Crippen molar-refractivity contribution in [1.82, 2.24) is 9.97 Å². The van der Waals surface area contributed by atoms with Crippen LogP contribution in [0.5, 0.6) is 0 Å². The molecule has 0 spiro atoms. The summed E-state index contributed by atoms with van der Waals surface area (Å²) in [4.78, 5) is 15.8. The van der Waals surface area contributed by atoms with Gasteiger partial charge in [0.25, 0.3) is 0 Å². The van der Waals surface area contributed by atoms with Gasteiger partial charge in [-0.05, 0) is 6.07 Å². The van der Waals surface area contributed by atoms with Crippen molar-refractivity contribution in [2.75, 3.05) is 0 Å². The zero-order valence-corrected chi connectivity index (χ0v) is 6.59. The molecule has 1 aromatic rings. The van der Waals surface area contributed by atoms with E-state index in [0.717, 1.165) is 0 Å². The molecule has 1 heterocycles. The normalized spacial score (nSPS) is 7.50. The van der Waals surface area contributed by atoms with Gasteiger partial charge in [-0.15, -0.1) is 0 Å². The van der Waals surface area contributed by atoms with E-state index in [9.17, 15) is 4.79 Å². The van der Waals surface area contributed by atoms with E-state index in [1.807, 2.05) is 0 Å². The zero-order valence-electron chi connectivity index (χ0n) is 5.59. The molecule has 1 aromatic heterocycles. The van der Waals surface area contributed by atoms with E-state index in [1.165, 1.54) is 12.4 Å². The SMILES string of the molecule is O=c1nccc[nH]1.[H-].[Na+]. The molecule has 38 valence electrons. The van der Waals surface area contributed by atoms with Gasteiger partial charge in [0.2, 0.25) is 0 Å². The quantitative estimate of drug-likeness (QED) is 0.368. The second kappa shape index (κ2) is 3.83. The van der Waals surface area contributed by atoms with E-state index in [0.29, 0.717) is 0 Å². The molecule has 0 aliphatic carbocycles. The molecule has 1 N–H and O–H groups in total. The number of aromatic amines is 1. The van der Waals surface area contributed by atoms with E-state index < -0.39 is 0 Å². The van der Waals surface area contributed by atoms with Crippen LogP contribution in [-0.2, 0) is 0 Å². The topological polar surface area (TPSA) is 45.8 Å². The summed E-state index contributed by atoms with van der Waals surface area (Å²) >= 11 is 0. The van der Waals surface area contributed by atoms with E-state index >= 15 is 0 Å². The van der Waals surface area contributed by atoms with Gasteiger partial charge in [0.05, 0.1) is 0 Å². The van der Waals surface area contributed by atoms with Crippen LogP contribution in [0.25, 0.3) is 0 Å². The van der Waals surface area contributed by atoms with Crippen molar-refractivity contribution in [3.63, 3.8) is 0 Å². The van der Waals surface area contributed by atoms with Crippen molar-refractivity contribution in [3.05, 3.63) is 28.9 Å². The van der Waals surface area contributed by atoms with Crippen LogP contribution < -0.4 is 35.2 Å². The number of hydrogen-bond donors (Lipinski definition) is 1. The van der Waals surface area contributed by atoms with Crippen LogP contribution in [0.15, 0.2) is 23.3 Å². The summed E-state index contributed by atoms with van der Waals surface area (Å²) in [5.74, 6) is 0. The predicted octanol–water partition coefficient (Wildman–Crippen LogP) is -3.11. The fourth-order valence-corrected chi connectivity index (χ4v) is 0.310. The molecule has 0 amide bonds. The zero-order chi connectivity index (χ0) is 5.11. The third-order valence-corrected chi connectivity index (χ3v) is 0.581. The largest absolute Gasteiger partial charge is 1.00 e. The van der Waals surface area contributed by atoms with E-state index in [1.54, 1.807) is 6.07 Å². The first-order valence-corrected chi connectivity index (χ1v) is 1.89. The van der Waals surface area contributed by atoms with Gasteiger partial charge in [0, 0.05) is 12.4 Å². The summed E-state index contributed by atoms with van der Waals surface area (Å²) in [6, 6.07) is 1.65. The van der Waals surface area contributed by atoms with Gasteiger partial charge in [-0.3, -0.25) is 0 Å². The number of nitrogens with one attached hydrogen (secondary N) is 1. The first-order valence-electron chi connectivity index (χ1n) is 1.89. The van der Waals surface area contributed by atoms with Crippen molar-refractivity contribution in [2.45, 2.75) is 0 Å². The summed E-state index contributed by atoms with van der Waals surface area (Å²) in [6.45, 7) is 0. The fraction of sp³-hybridized carbons (Fsp3) is 0. The fourth-order valence-electron chi connectivity index (χ4n) is 0.310. The molecule has 0 aromatic carbocycles. The van der Waals surface area contributed by atoms with Gasteiger partial charge in [-0.2, -0.15) is 0 Å². The minimum atomic E-state index is -0.303. The van der Waals surface area contributed by atoms with E-state index in [-0.39, 0.29) is 36.7 Å². The van der Waals surface area contributed by atoms with Crippen LogP contribution in [0.4, 0.5) is 0 Å². The average Bonchev–Trinajstić information content (AvgIpc) is 1.69.